The summed E-state index contributed by atoms with van der Waals surface area (Å²) in [4.78, 5) is 2.15. The highest BCUT2D eigenvalue weighted by molar-refractivity contribution is 7.71. The molecule has 1 aromatic heterocycles. The van der Waals surface area contributed by atoms with E-state index in [1.807, 2.05) is 0 Å². The second-order valence-corrected chi connectivity index (χ2v) is 6.46. The minimum atomic E-state index is 0.520. The van der Waals surface area contributed by atoms with Gasteiger partial charge in [0.15, 0.2) is 4.77 Å². The number of nitrogens with zero attached hydrogens (tertiary/aromatic N) is 3. The number of anilines is 1. The van der Waals surface area contributed by atoms with Gasteiger partial charge in [0.05, 0.1) is 6.61 Å². The van der Waals surface area contributed by atoms with Gasteiger partial charge in [0.1, 0.15) is 0 Å². The summed E-state index contributed by atoms with van der Waals surface area (Å²) in [6.07, 6.45) is 7.71. The summed E-state index contributed by atoms with van der Waals surface area (Å²) < 4.78 is 8.65. The van der Waals surface area contributed by atoms with Crippen LogP contribution in [-0.2, 0) is 4.74 Å². The van der Waals surface area contributed by atoms with Gasteiger partial charge in [-0.1, -0.05) is 12.8 Å². The van der Waals surface area contributed by atoms with Crippen molar-refractivity contribution in [1.29, 1.82) is 0 Å². The monoisotopic (exact) mass is 296 g/mol. The smallest absolute Gasteiger partial charge is 0.225 e. The van der Waals surface area contributed by atoms with Crippen molar-refractivity contribution in [2.75, 3.05) is 31.7 Å². The van der Waals surface area contributed by atoms with E-state index in [2.05, 4.69) is 26.7 Å². The second kappa shape index (κ2) is 6.26. The Bertz CT molecular complexity index is 488. The summed E-state index contributed by atoms with van der Waals surface area (Å²) >= 11 is 5.39. The van der Waals surface area contributed by atoms with Crippen molar-refractivity contribution in [3.05, 3.63) is 4.77 Å². The molecule has 0 spiro atoms. The summed E-state index contributed by atoms with van der Waals surface area (Å²) in [6.45, 7) is 2.54. The molecule has 0 aromatic carbocycles. The van der Waals surface area contributed by atoms with Gasteiger partial charge < -0.3 is 9.64 Å². The van der Waals surface area contributed by atoms with E-state index in [0.29, 0.717) is 6.04 Å². The van der Waals surface area contributed by atoms with E-state index in [1.54, 1.807) is 0 Å². The molecule has 2 aliphatic rings. The van der Waals surface area contributed by atoms with Crippen molar-refractivity contribution < 1.29 is 4.74 Å². The number of aromatic amines is 1. The van der Waals surface area contributed by atoms with Gasteiger partial charge >= 0.3 is 0 Å². The lowest BCUT2D eigenvalue weighted by Crippen LogP contribution is -2.27. The van der Waals surface area contributed by atoms with Gasteiger partial charge in [-0.15, -0.1) is 5.10 Å². The largest absolute Gasteiger partial charge is 0.379 e. The van der Waals surface area contributed by atoms with Gasteiger partial charge in [-0.25, -0.2) is 5.10 Å². The van der Waals surface area contributed by atoms with E-state index in [9.17, 15) is 0 Å². The van der Waals surface area contributed by atoms with Gasteiger partial charge in [0, 0.05) is 26.2 Å². The van der Waals surface area contributed by atoms with Crippen molar-refractivity contribution in [3.8, 4) is 0 Å². The molecule has 2 aliphatic carbocycles. The van der Waals surface area contributed by atoms with Crippen molar-refractivity contribution >= 4 is 18.2 Å². The Morgan fingerprint density at radius 3 is 2.80 bits per heavy atom. The van der Waals surface area contributed by atoms with Gasteiger partial charge in [-0.3, -0.25) is 4.57 Å². The summed E-state index contributed by atoms with van der Waals surface area (Å²) in [5, 5.41) is 7.35. The molecule has 0 radical (unpaired) electrons. The molecule has 2 saturated carbocycles. The zero-order valence-electron chi connectivity index (χ0n) is 12.2. The van der Waals surface area contributed by atoms with E-state index in [1.165, 1.54) is 38.5 Å². The van der Waals surface area contributed by atoms with Crippen molar-refractivity contribution in [2.24, 2.45) is 5.92 Å². The summed E-state index contributed by atoms with van der Waals surface area (Å²) in [5.41, 5.74) is 0. The SMILES string of the molecule is CN(CCOCC1CC1)c1n[nH]c(=S)n1C1CCCC1. The first-order valence-corrected chi connectivity index (χ1v) is 8.12. The molecular formula is C14H24N4OS. The number of H-pyrrole nitrogens is 1. The molecule has 6 heteroatoms. The number of nitrogens with one attached hydrogen (secondary N) is 1. The van der Waals surface area contributed by atoms with Crippen LogP contribution < -0.4 is 4.90 Å². The maximum Gasteiger partial charge on any atom is 0.225 e. The van der Waals surface area contributed by atoms with Gasteiger partial charge in [-0.2, -0.15) is 0 Å². The Kier molecular flexibility index (Phi) is 4.41. The van der Waals surface area contributed by atoms with E-state index in [4.69, 9.17) is 17.0 Å². The highest BCUT2D eigenvalue weighted by Crippen LogP contribution is 2.32. The summed E-state index contributed by atoms with van der Waals surface area (Å²) in [5.74, 6) is 1.78. The van der Waals surface area contributed by atoms with Crippen LogP contribution in [-0.4, -0.2) is 41.6 Å². The van der Waals surface area contributed by atoms with E-state index in [0.717, 1.165) is 36.4 Å². The quantitative estimate of drug-likeness (QED) is 0.621. The minimum absolute atomic E-state index is 0.520. The van der Waals surface area contributed by atoms with Crippen LogP contribution in [0, 0.1) is 10.7 Å². The second-order valence-electron chi connectivity index (χ2n) is 6.08. The number of rotatable bonds is 7. The number of aromatic nitrogens is 3. The van der Waals surface area contributed by atoms with Crippen LogP contribution in [0.3, 0.4) is 0 Å². The number of hydrogen-bond donors (Lipinski definition) is 1. The van der Waals surface area contributed by atoms with Gasteiger partial charge in [0.25, 0.3) is 0 Å². The van der Waals surface area contributed by atoms with E-state index >= 15 is 0 Å². The molecule has 0 saturated heterocycles. The van der Waals surface area contributed by atoms with Crippen LogP contribution in [0.5, 0.6) is 0 Å². The predicted molar refractivity (Wildman–Crippen MR) is 81.7 cm³/mol. The first kappa shape index (κ1) is 14.1. The third-order valence-electron chi connectivity index (χ3n) is 4.34. The Morgan fingerprint density at radius 2 is 2.10 bits per heavy atom. The number of hydrogen-bond acceptors (Lipinski definition) is 4. The van der Waals surface area contributed by atoms with Crippen molar-refractivity contribution in [2.45, 2.75) is 44.6 Å². The summed E-state index contributed by atoms with van der Waals surface area (Å²) in [7, 11) is 2.07. The maximum absolute atomic E-state index is 5.71. The number of likely N-dealkylation sites (N-methyl/N-ethyl adjacent to an activating group) is 1. The molecule has 1 heterocycles. The molecule has 0 unspecified atom stereocenters. The average molecular weight is 296 g/mol. The molecule has 0 amide bonds. The lowest BCUT2D eigenvalue weighted by atomic mass is 10.2. The Morgan fingerprint density at radius 1 is 1.35 bits per heavy atom. The zero-order chi connectivity index (χ0) is 13.9. The van der Waals surface area contributed by atoms with Crippen LogP contribution in [0.25, 0.3) is 0 Å². The molecule has 0 bridgehead atoms. The van der Waals surface area contributed by atoms with Crippen LogP contribution in [0.1, 0.15) is 44.6 Å². The third kappa shape index (κ3) is 3.23. The highest BCUT2D eigenvalue weighted by Gasteiger charge is 2.23. The molecule has 3 rings (SSSR count). The Labute approximate surface area is 125 Å². The molecule has 0 atom stereocenters. The topological polar surface area (TPSA) is 46.1 Å². The third-order valence-corrected chi connectivity index (χ3v) is 4.63. The molecular weight excluding hydrogens is 272 g/mol. The standard InChI is InChI=1S/C14H24N4OS/c1-17(8-9-19-10-11-6-7-11)13-15-16-14(20)18(13)12-4-2-3-5-12/h11-12H,2-10H2,1H3,(H,16,20). The highest BCUT2D eigenvalue weighted by atomic mass is 32.1. The fraction of sp³-hybridized carbons (Fsp3) is 0.857. The molecule has 5 nitrogen and oxygen atoms in total. The Balaban J connectivity index is 1.58. The van der Waals surface area contributed by atoms with E-state index in [-0.39, 0.29) is 0 Å². The Hall–Kier alpha value is -0.880. The fourth-order valence-electron chi connectivity index (χ4n) is 2.89. The zero-order valence-corrected chi connectivity index (χ0v) is 13.0. The molecule has 0 aliphatic heterocycles. The van der Waals surface area contributed by atoms with Crippen LogP contribution in [0.2, 0.25) is 0 Å². The normalized spacial score (nSPS) is 19.6. The predicted octanol–water partition coefficient (Wildman–Crippen LogP) is 2.92. The number of ether oxygens (including phenoxy) is 1. The van der Waals surface area contributed by atoms with Gasteiger partial charge in [-0.05, 0) is 43.8 Å². The lowest BCUT2D eigenvalue weighted by Gasteiger charge is -2.21. The maximum atomic E-state index is 5.71. The average Bonchev–Trinajstić information content (AvgIpc) is 2.95. The van der Waals surface area contributed by atoms with Crippen LogP contribution >= 0.6 is 12.2 Å². The molecule has 1 N–H and O–H groups in total. The molecule has 2 fully saturated rings. The fourth-order valence-corrected chi connectivity index (χ4v) is 3.17. The first-order valence-electron chi connectivity index (χ1n) is 7.71. The van der Waals surface area contributed by atoms with Crippen LogP contribution in [0.4, 0.5) is 5.95 Å². The summed E-state index contributed by atoms with van der Waals surface area (Å²) in [6, 6.07) is 0.520. The molecule has 1 aromatic rings. The molecule has 112 valence electrons. The minimum Gasteiger partial charge on any atom is -0.379 e. The van der Waals surface area contributed by atoms with Crippen molar-refractivity contribution in [3.63, 3.8) is 0 Å². The van der Waals surface area contributed by atoms with Gasteiger partial charge in [0.2, 0.25) is 5.95 Å². The lowest BCUT2D eigenvalue weighted by molar-refractivity contribution is 0.130. The van der Waals surface area contributed by atoms with Crippen LogP contribution in [0.15, 0.2) is 0 Å². The van der Waals surface area contributed by atoms with E-state index < -0.39 is 0 Å². The van der Waals surface area contributed by atoms with Crippen molar-refractivity contribution in [1.82, 2.24) is 14.8 Å². The first-order chi connectivity index (χ1) is 9.75. The molecule has 20 heavy (non-hydrogen) atoms.